The van der Waals surface area contributed by atoms with Crippen LogP contribution >= 0.6 is 34.5 Å². The van der Waals surface area contributed by atoms with Gasteiger partial charge in [0.15, 0.2) is 0 Å². The minimum absolute atomic E-state index is 0.0740. The largest absolute Gasteiger partial charge is 0.457 e. The summed E-state index contributed by atoms with van der Waals surface area (Å²) in [4.78, 5) is 15.7. The summed E-state index contributed by atoms with van der Waals surface area (Å²) >= 11 is 13.3. The molecule has 0 saturated heterocycles. The number of H-pyrrole nitrogens is 1. The molecule has 0 aliphatic heterocycles. The van der Waals surface area contributed by atoms with Crippen LogP contribution in [0.4, 0.5) is 0 Å². The van der Waals surface area contributed by atoms with Gasteiger partial charge in [0.25, 0.3) is 15.9 Å². The lowest BCUT2D eigenvalue weighted by Gasteiger charge is -2.06. The average Bonchev–Trinajstić information content (AvgIpc) is 3.40. The van der Waals surface area contributed by atoms with Crippen LogP contribution in [0.2, 0.25) is 10.0 Å². The van der Waals surface area contributed by atoms with Crippen molar-refractivity contribution in [3.8, 4) is 11.5 Å². The van der Waals surface area contributed by atoms with Crippen LogP contribution in [0.15, 0.2) is 77.0 Å². The van der Waals surface area contributed by atoms with Gasteiger partial charge in [-0.3, -0.25) is 4.79 Å². The third kappa shape index (κ3) is 4.30. The molecule has 2 heterocycles. The number of carbonyl (C=O) groups excluding carboxylic acids is 1. The van der Waals surface area contributed by atoms with Gasteiger partial charge in [0.05, 0.1) is 10.0 Å². The molecule has 0 radical (unpaired) electrons. The van der Waals surface area contributed by atoms with Gasteiger partial charge >= 0.3 is 0 Å². The number of sulfonamides is 1. The highest BCUT2D eigenvalue weighted by Crippen LogP contribution is 2.32. The number of aromatic nitrogens is 1. The van der Waals surface area contributed by atoms with E-state index in [0.717, 1.165) is 4.70 Å². The molecule has 0 bridgehead atoms. The molecule has 166 valence electrons. The van der Waals surface area contributed by atoms with E-state index in [1.54, 1.807) is 54.6 Å². The molecule has 5 aromatic rings. The summed E-state index contributed by atoms with van der Waals surface area (Å²) in [5.74, 6) is 0.268. The Labute approximate surface area is 202 Å². The number of thiophene rings is 1. The summed E-state index contributed by atoms with van der Waals surface area (Å²) in [6.07, 6.45) is 0. The Balaban J connectivity index is 1.39. The van der Waals surface area contributed by atoms with E-state index in [1.165, 1.54) is 16.7 Å². The monoisotopic (exact) mass is 516 g/mol. The molecule has 0 aliphatic rings. The third-order valence-electron chi connectivity index (χ3n) is 4.93. The van der Waals surface area contributed by atoms with Crippen molar-refractivity contribution in [2.24, 2.45) is 0 Å². The van der Waals surface area contributed by atoms with Gasteiger partial charge in [-0.25, -0.2) is 13.1 Å². The van der Waals surface area contributed by atoms with Crippen LogP contribution in [0, 0.1) is 0 Å². The standard InChI is InChI=1S/C23H14Cl2N2O4S2/c24-17-7-5-15(11-18(17)25)31-14-6-8-19-13(9-14)10-20(26-19)23(28)27-33(29,30)22-12-32-21-4-2-1-3-16(21)22/h1-12,26H,(H,27,28). The number of benzene rings is 3. The lowest BCUT2D eigenvalue weighted by Crippen LogP contribution is -2.30. The van der Waals surface area contributed by atoms with Gasteiger partial charge in [-0.15, -0.1) is 11.3 Å². The molecule has 5 rings (SSSR count). The molecule has 3 aromatic carbocycles. The third-order valence-corrected chi connectivity index (χ3v) is 8.15. The maximum Gasteiger partial charge on any atom is 0.281 e. The molecule has 10 heteroatoms. The van der Waals surface area contributed by atoms with Crippen molar-refractivity contribution in [3.05, 3.63) is 87.8 Å². The molecule has 6 nitrogen and oxygen atoms in total. The summed E-state index contributed by atoms with van der Waals surface area (Å²) < 4.78 is 34.5. The second-order valence-corrected chi connectivity index (χ2v) is 10.5. The first-order valence-electron chi connectivity index (χ1n) is 9.59. The van der Waals surface area contributed by atoms with E-state index in [4.69, 9.17) is 27.9 Å². The predicted octanol–water partition coefficient (Wildman–Crippen LogP) is 6.60. The molecule has 0 unspecified atom stereocenters. The van der Waals surface area contributed by atoms with E-state index in [0.29, 0.717) is 37.8 Å². The van der Waals surface area contributed by atoms with Gasteiger partial charge in [0, 0.05) is 32.4 Å². The molecule has 1 amide bonds. The first kappa shape index (κ1) is 21.8. The van der Waals surface area contributed by atoms with Gasteiger partial charge in [0.1, 0.15) is 22.1 Å². The van der Waals surface area contributed by atoms with Gasteiger partial charge in [0.2, 0.25) is 0 Å². The Morgan fingerprint density at radius 2 is 1.70 bits per heavy atom. The number of nitrogens with one attached hydrogen (secondary N) is 2. The fourth-order valence-electron chi connectivity index (χ4n) is 3.37. The molecule has 0 fully saturated rings. The number of hydrogen-bond acceptors (Lipinski definition) is 5. The second kappa shape index (κ2) is 8.39. The quantitative estimate of drug-likeness (QED) is 0.275. The molecule has 0 aliphatic carbocycles. The van der Waals surface area contributed by atoms with Crippen LogP contribution in [0.5, 0.6) is 11.5 Å². The van der Waals surface area contributed by atoms with E-state index in [1.807, 2.05) is 12.1 Å². The smallest absolute Gasteiger partial charge is 0.281 e. The molecule has 2 N–H and O–H groups in total. The minimum atomic E-state index is -4.04. The number of ether oxygens (including phenoxy) is 1. The minimum Gasteiger partial charge on any atom is -0.457 e. The first-order chi connectivity index (χ1) is 15.8. The van der Waals surface area contributed by atoms with E-state index >= 15 is 0 Å². The van der Waals surface area contributed by atoms with Crippen molar-refractivity contribution in [3.63, 3.8) is 0 Å². The van der Waals surface area contributed by atoms with Crippen molar-refractivity contribution in [1.82, 2.24) is 9.71 Å². The number of hydrogen-bond donors (Lipinski definition) is 2. The number of rotatable bonds is 5. The zero-order valence-electron chi connectivity index (χ0n) is 16.6. The average molecular weight is 517 g/mol. The van der Waals surface area contributed by atoms with Crippen LogP contribution in [-0.2, 0) is 10.0 Å². The number of amides is 1. The number of fused-ring (bicyclic) bond motifs is 2. The topological polar surface area (TPSA) is 88.3 Å². The zero-order chi connectivity index (χ0) is 23.2. The maximum atomic E-state index is 12.8. The number of carbonyl (C=O) groups is 1. The predicted molar refractivity (Wildman–Crippen MR) is 131 cm³/mol. The van der Waals surface area contributed by atoms with E-state index < -0.39 is 15.9 Å². The molecule has 0 spiro atoms. The van der Waals surface area contributed by atoms with Crippen LogP contribution in [0.25, 0.3) is 21.0 Å². The van der Waals surface area contributed by atoms with Gasteiger partial charge in [-0.1, -0.05) is 41.4 Å². The summed E-state index contributed by atoms with van der Waals surface area (Å²) in [7, 11) is -4.04. The maximum absolute atomic E-state index is 12.8. The van der Waals surface area contributed by atoms with E-state index in [9.17, 15) is 13.2 Å². The van der Waals surface area contributed by atoms with Crippen molar-refractivity contribution >= 4 is 71.5 Å². The lowest BCUT2D eigenvalue weighted by molar-refractivity contribution is 0.0977. The van der Waals surface area contributed by atoms with Crippen molar-refractivity contribution in [2.75, 3.05) is 0 Å². The van der Waals surface area contributed by atoms with Crippen LogP contribution in [0.1, 0.15) is 10.5 Å². The lowest BCUT2D eigenvalue weighted by atomic mass is 10.2. The normalized spacial score (nSPS) is 11.7. The second-order valence-electron chi connectivity index (χ2n) is 7.14. The SMILES string of the molecule is O=C(NS(=O)(=O)c1csc2ccccc12)c1cc2cc(Oc3ccc(Cl)c(Cl)c3)ccc2[nH]1. The highest BCUT2D eigenvalue weighted by Gasteiger charge is 2.23. The van der Waals surface area contributed by atoms with Crippen LogP contribution in [0.3, 0.4) is 0 Å². The van der Waals surface area contributed by atoms with Gasteiger partial charge in [-0.05, 0) is 42.5 Å². The number of aromatic amines is 1. The summed E-state index contributed by atoms with van der Waals surface area (Å²) in [6.45, 7) is 0. The van der Waals surface area contributed by atoms with Gasteiger partial charge in [-0.2, -0.15) is 0 Å². The molecule has 0 saturated carbocycles. The molecule has 0 atom stereocenters. The Hall–Kier alpha value is -3.04. The number of halogens is 2. The van der Waals surface area contributed by atoms with Crippen molar-refractivity contribution in [1.29, 1.82) is 0 Å². The van der Waals surface area contributed by atoms with E-state index in [2.05, 4.69) is 9.71 Å². The fourth-order valence-corrected chi connectivity index (χ4v) is 6.12. The van der Waals surface area contributed by atoms with Crippen molar-refractivity contribution < 1.29 is 17.9 Å². The summed E-state index contributed by atoms with van der Waals surface area (Å²) in [5.41, 5.74) is 0.764. The Morgan fingerprint density at radius 1 is 0.939 bits per heavy atom. The Morgan fingerprint density at radius 3 is 2.52 bits per heavy atom. The van der Waals surface area contributed by atoms with Crippen LogP contribution < -0.4 is 9.46 Å². The highest BCUT2D eigenvalue weighted by atomic mass is 35.5. The van der Waals surface area contributed by atoms with Crippen LogP contribution in [-0.4, -0.2) is 19.3 Å². The fraction of sp³-hybridized carbons (Fsp3) is 0. The first-order valence-corrected chi connectivity index (χ1v) is 12.7. The summed E-state index contributed by atoms with van der Waals surface area (Å²) in [5, 5.41) is 3.57. The van der Waals surface area contributed by atoms with Gasteiger partial charge < -0.3 is 9.72 Å². The Bertz CT molecular complexity index is 1640. The molecular formula is C23H14Cl2N2O4S2. The summed E-state index contributed by atoms with van der Waals surface area (Å²) in [6, 6.07) is 18.8. The molecule has 33 heavy (non-hydrogen) atoms. The molecule has 2 aromatic heterocycles. The van der Waals surface area contributed by atoms with Crippen molar-refractivity contribution in [2.45, 2.75) is 4.90 Å². The van der Waals surface area contributed by atoms with E-state index in [-0.39, 0.29) is 10.6 Å². The Kier molecular flexibility index (Phi) is 5.54. The molecular weight excluding hydrogens is 503 g/mol. The zero-order valence-corrected chi connectivity index (χ0v) is 19.8. The highest BCUT2D eigenvalue weighted by molar-refractivity contribution is 7.90.